The minimum Gasteiger partial charge on any atom is -0.334 e. The van der Waals surface area contributed by atoms with Crippen LogP contribution < -0.4 is 10.6 Å². The zero-order chi connectivity index (χ0) is 20.7. The Hall–Kier alpha value is -2.70. The maximum absolute atomic E-state index is 13.1. The number of carbonyl (C=O) groups is 3. The molecule has 0 bridgehead atoms. The lowest BCUT2D eigenvalue weighted by atomic mass is 9.99. The number of aryl methyl sites for hydroxylation is 2. The van der Waals surface area contributed by atoms with Gasteiger partial charge in [0, 0.05) is 24.7 Å². The fraction of sp³-hybridized carbons (Fsp3) is 0.348. The van der Waals surface area contributed by atoms with Gasteiger partial charge < -0.3 is 10.6 Å². The molecule has 0 radical (unpaired) electrons. The van der Waals surface area contributed by atoms with Crippen molar-refractivity contribution < 1.29 is 14.4 Å². The molecule has 1 atom stereocenters. The summed E-state index contributed by atoms with van der Waals surface area (Å²) in [6.07, 6.45) is 2.91. The molecule has 30 heavy (non-hydrogen) atoms. The minimum atomic E-state index is -0.387. The molecule has 3 amide bonds. The van der Waals surface area contributed by atoms with Gasteiger partial charge in [-0.25, -0.2) is 4.90 Å². The van der Waals surface area contributed by atoms with Crippen LogP contribution in [0.5, 0.6) is 0 Å². The molecule has 7 heteroatoms. The molecular weight excluding hydrogens is 402 g/mol. The van der Waals surface area contributed by atoms with Gasteiger partial charge in [0.15, 0.2) is 0 Å². The van der Waals surface area contributed by atoms with E-state index in [1.807, 2.05) is 32.0 Å². The Balaban J connectivity index is 0.00000256. The number of imide groups is 1. The number of benzene rings is 2. The maximum atomic E-state index is 13.1. The Morgan fingerprint density at radius 1 is 1.03 bits per heavy atom. The number of hydrogen-bond donors (Lipinski definition) is 1. The summed E-state index contributed by atoms with van der Waals surface area (Å²) in [5.74, 6) is -0.869. The van der Waals surface area contributed by atoms with Crippen molar-refractivity contribution in [2.75, 3.05) is 18.0 Å². The van der Waals surface area contributed by atoms with E-state index >= 15 is 0 Å². The van der Waals surface area contributed by atoms with Crippen LogP contribution in [0.2, 0.25) is 0 Å². The van der Waals surface area contributed by atoms with Crippen molar-refractivity contribution >= 4 is 35.8 Å². The van der Waals surface area contributed by atoms with E-state index < -0.39 is 0 Å². The molecule has 0 spiro atoms. The number of fused-ring (bicyclic) bond motifs is 1. The summed E-state index contributed by atoms with van der Waals surface area (Å²) in [6.45, 7) is 4.88. The number of hydrogen-bond acceptors (Lipinski definition) is 4. The summed E-state index contributed by atoms with van der Waals surface area (Å²) < 4.78 is 0. The highest BCUT2D eigenvalue weighted by Gasteiger charge is 2.38. The molecule has 2 aromatic carbocycles. The molecule has 4 rings (SSSR count). The normalized spacial score (nSPS) is 18.3. The van der Waals surface area contributed by atoms with Crippen molar-refractivity contribution in [2.45, 2.75) is 39.2 Å². The number of piperidine rings is 1. The zero-order valence-electron chi connectivity index (χ0n) is 17.2. The molecule has 2 N–H and O–H groups in total. The Morgan fingerprint density at radius 2 is 1.77 bits per heavy atom. The van der Waals surface area contributed by atoms with Crippen molar-refractivity contribution in [1.29, 1.82) is 0 Å². The third kappa shape index (κ3) is 3.61. The van der Waals surface area contributed by atoms with E-state index in [2.05, 4.69) is 0 Å². The first-order valence-corrected chi connectivity index (χ1v) is 10.0. The Kier molecular flexibility index (Phi) is 6.29. The van der Waals surface area contributed by atoms with Gasteiger partial charge in [-0.05, 0) is 68.5 Å². The molecule has 2 heterocycles. The van der Waals surface area contributed by atoms with Gasteiger partial charge in [0.1, 0.15) is 0 Å². The Labute approximate surface area is 182 Å². The van der Waals surface area contributed by atoms with Crippen LogP contribution in [-0.2, 0) is 0 Å². The van der Waals surface area contributed by atoms with Crippen LogP contribution >= 0.6 is 12.4 Å². The lowest BCUT2D eigenvalue weighted by Gasteiger charge is -2.35. The van der Waals surface area contributed by atoms with Gasteiger partial charge >= 0.3 is 0 Å². The van der Waals surface area contributed by atoms with Crippen LogP contribution in [0.4, 0.5) is 5.69 Å². The first-order chi connectivity index (χ1) is 13.9. The topological polar surface area (TPSA) is 83.7 Å². The first kappa shape index (κ1) is 22.0. The standard InChI is InChI=1S/C23H25N3O3.ClH/c1-14-6-7-15(2)20(11-14)26-22(28)18-9-8-16(12-19(18)23(26)29)21(27)25-10-4-3-5-17(25)13-24;/h6-9,11-12,17H,3-5,10,13,24H2,1-2H3;1H. The molecule has 1 fully saturated rings. The van der Waals surface area contributed by atoms with Gasteiger partial charge in [-0.15, -0.1) is 12.4 Å². The van der Waals surface area contributed by atoms with Gasteiger partial charge in [0.2, 0.25) is 0 Å². The zero-order valence-corrected chi connectivity index (χ0v) is 18.0. The lowest BCUT2D eigenvalue weighted by Crippen LogP contribution is -2.47. The van der Waals surface area contributed by atoms with Crippen LogP contribution in [0.25, 0.3) is 0 Å². The summed E-state index contributed by atoms with van der Waals surface area (Å²) >= 11 is 0. The number of rotatable bonds is 3. The monoisotopic (exact) mass is 427 g/mol. The van der Waals surface area contributed by atoms with E-state index in [9.17, 15) is 14.4 Å². The molecule has 1 unspecified atom stereocenters. The number of amides is 3. The van der Waals surface area contributed by atoms with E-state index in [-0.39, 0.29) is 41.7 Å². The average molecular weight is 428 g/mol. The molecular formula is C23H26ClN3O3. The molecule has 158 valence electrons. The predicted octanol–water partition coefficient (Wildman–Crippen LogP) is 3.48. The molecule has 2 aromatic rings. The number of halogens is 1. The third-order valence-corrected chi connectivity index (χ3v) is 5.90. The van der Waals surface area contributed by atoms with Gasteiger partial charge in [0.25, 0.3) is 17.7 Å². The van der Waals surface area contributed by atoms with Crippen LogP contribution in [-0.4, -0.2) is 41.8 Å². The van der Waals surface area contributed by atoms with Crippen LogP contribution in [0.15, 0.2) is 36.4 Å². The van der Waals surface area contributed by atoms with E-state index in [1.165, 1.54) is 4.90 Å². The second-order valence-electron chi connectivity index (χ2n) is 7.88. The fourth-order valence-corrected chi connectivity index (χ4v) is 4.23. The summed E-state index contributed by atoms with van der Waals surface area (Å²) in [4.78, 5) is 42.1. The number of anilines is 1. The Bertz CT molecular complexity index is 1020. The van der Waals surface area contributed by atoms with Gasteiger partial charge in [0.05, 0.1) is 16.8 Å². The van der Waals surface area contributed by atoms with Crippen LogP contribution in [0, 0.1) is 13.8 Å². The van der Waals surface area contributed by atoms with E-state index in [4.69, 9.17) is 5.73 Å². The SMILES string of the molecule is Cc1ccc(C)c(N2C(=O)c3ccc(C(=O)N4CCCCC4CN)cc3C2=O)c1.Cl. The summed E-state index contributed by atoms with van der Waals surface area (Å²) in [5, 5.41) is 0. The molecule has 0 aliphatic carbocycles. The Morgan fingerprint density at radius 3 is 2.50 bits per heavy atom. The lowest BCUT2D eigenvalue weighted by molar-refractivity contribution is 0.0623. The summed E-state index contributed by atoms with van der Waals surface area (Å²) in [5.41, 5.74) is 9.29. The van der Waals surface area contributed by atoms with Crippen molar-refractivity contribution in [3.8, 4) is 0 Å². The smallest absolute Gasteiger partial charge is 0.266 e. The molecule has 2 aliphatic heterocycles. The molecule has 6 nitrogen and oxygen atoms in total. The van der Waals surface area contributed by atoms with Crippen molar-refractivity contribution in [3.63, 3.8) is 0 Å². The van der Waals surface area contributed by atoms with Gasteiger partial charge in [-0.2, -0.15) is 0 Å². The summed E-state index contributed by atoms with van der Waals surface area (Å²) in [7, 11) is 0. The van der Waals surface area contributed by atoms with Crippen molar-refractivity contribution in [3.05, 3.63) is 64.2 Å². The highest BCUT2D eigenvalue weighted by Crippen LogP contribution is 2.32. The second-order valence-corrected chi connectivity index (χ2v) is 7.88. The first-order valence-electron chi connectivity index (χ1n) is 10.0. The largest absolute Gasteiger partial charge is 0.334 e. The van der Waals surface area contributed by atoms with Crippen molar-refractivity contribution in [2.24, 2.45) is 5.73 Å². The highest BCUT2D eigenvalue weighted by molar-refractivity contribution is 6.35. The predicted molar refractivity (Wildman–Crippen MR) is 118 cm³/mol. The second kappa shape index (κ2) is 8.58. The number of likely N-dealkylation sites (tertiary alicyclic amines) is 1. The van der Waals surface area contributed by atoms with E-state index in [0.29, 0.717) is 29.9 Å². The molecule has 1 saturated heterocycles. The molecule has 0 saturated carbocycles. The molecule has 0 aromatic heterocycles. The van der Waals surface area contributed by atoms with Gasteiger partial charge in [-0.1, -0.05) is 12.1 Å². The van der Waals surface area contributed by atoms with Crippen LogP contribution in [0.3, 0.4) is 0 Å². The minimum absolute atomic E-state index is 0. The maximum Gasteiger partial charge on any atom is 0.266 e. The van der Waals surface area contributed by atoms with Gasteiger partial charge in [-0.3, -0.25) is 14.4 Å². The molecule has 2 aliphatic rings. The van der Waals surface area contributed by atoms with Crippen LogP contribution in [0.1, 0.15) is 61.5 Å². The number of nitrogens with two attached hydrogens (primary N) is 1. The summed E-state index contributed by atoms with van der Waals surface area (Å²) in [6, 6.07) is 10.5. The third-order valence-electron chi connectivity index (χ3n) is 5.90. The quantitative estimate of drug-likeness (QED) is 0.760. The van der Waals surface area contributed by atoms with E-state index in [1.54, 1.807) is 23.1 Å². The number of carbonyl (C=O) groups excluding carboxylic acids is 3. The average Bonchev–Trinajstić information content (AvgIpc) is 2.99. The highest BCUT2D eigenvalue weighted by atomic mass is 35.5. The fourth-order valence-electron chi connectivity index (χ4n) is 4.23. The van der Waals surface area contributed by atoms with E-state index in [0.717, 1.165) is 30.4 Å². The number of nitrogens with zero attached hydrogens (tertiary/aromatic N) is 2. The van der Waals surface area contributed by atoms with Crippen molar-refractivity contribution in [1.82, 2.24) is 4.90 Å².